The van der Waals surface area contributed by atoms with Crippen LogP contribution in [0.4, 0.5) is 5.69 Å². The number of carbonyl (C=O) groups excluding carboxylic acids is 2. The number of piperazine rings is 1. The molecule has 1 aliphatic rings. The Morgan fingerprint density at radius 2 is 1.76 bits per heavy atom. The summed E-state index contributed by atoms with van der Waals surface area (Å²) in [5, 5.41) is 1.49. The maximum Gasteiger partial charge on any atom is 0.261 e. The van der Waals surface area contributed by atoms with E-state index in [1.54, 1.807) is 13.0 Å². The highest BCUT2D eigenvalue weighted by atomic mass is 35.5. The summed E-state index contributed by atoms with van der Waals surface area (Å²) in [6.45, 7) is 4.29. The molecule has 1 amide bonds. The number of Topliss-reactive ketones (excluding diaryl/α,β-unsaturated/α-hetero) is 1. The van der Waals surface area contributed by atoms with Crippen LogP contribution < -0.4 is 10.5 Å². The highest BCUT2D eigenvalue weighted by Crippen LogP contribution is 2.23. The van der Waals surface area contributed by atoms with Gasteiger partial charge in [-0.15, -0.1) is 0 Å². The third kappa shape index (κ3) is 5.59. The molecule has 178 valence electrons. The van der Waals surface area contributed by atoms with E-state index in [0.29, 0.717) is 66.4 Å². The topological polar surface area (TPSA) is 75.5 Å². The van der Waals surface area contributed by atoms with Crippen molar-refractivity contribution in [2.24, 2.45) is 0 Å². The maximum atomic E-state index is 13.1. The lowest BCUT2D eigenvalue weighted by Gasteiger charge is -2.35. The minimum Gasteiger partial charge on any atom is -0.368 e. The number of halogens is 2. The number of benzene rings is 2. The zero-order chi connectivity index (χ0) is 24.2. The molecular weight excluding hydrogens is 475 g/mol. The predicted octanol–water partition coefficient (Wildman–Crippen LogP) is 3.96. The summed E-state index contributed by atoms with van der Waals surface area (Å²) >= 11 is 12.0. The van der Waals surface area contributed by atoms with Crippen molar-refractivity contribution in [3.8, 4) is 0 Å². The third-order valence-electron chi connectivity index (χ3n) is 6.15. The van der Waals surface area contributed by atoms with Gasteiger partial charge in [-0.1, -0.05) is 29.3 Å². The van der Waals surface area contributed by atoms with Crippen LogP contribution in [-0.2, 0) is 22.6 Å². The van der Waals surface area contributed by atoms with Gasteiger partial charge in [0.2, 0.25) is 5.91 Å². The van der Waals surface area contributed by atoms with Crippen molar-refractivity contribution >= 4 is 51.5 Å². The van der Waals surface area contributed by atoms with Gasteiger partial charge >= 0.3 is 0 Å². The van der Waals surface area contributed by atoms with Crippen molar-refractivity contribution in [1.82, 2.24) is 14.5 Å². The zero-order valence-electron chi connectivity index (χ0n) is 19.0. The van der Waals surface area contributed by atoms with E-state index < -0.39 is 0 Å². The number of fused-ring (bicyclic) bond motifs is 1. The van der Waals surface area contributed by atoms with Crippen LogP contribution in [0.5, 0.6) is 0 Å². The number of rotatable bonds is 7. The number of hydrogen-bond acceptors (Lipinski definition) is 5. The predicted molar refractivity (Wildman–Crippen MR) is 135 cm³/mol. The number of aromatic nitrogens is 2. The van der Waals surface area contributed by atoms with Gasteiger partial charge in [0.15, 0.2) is 5.78 Å². The Kier molecular flexibility index (Phi) is 7.54. The zero-order valence-corrected chi connectivity index (χ0v) is 20.5. The highest BCUT2D eigenvalue weighted by Gasteiger charge is 2.19. The van der Waals surface area contributed by atoms with Gasteiger partial charge in [-0.25, -0.2) is 4.98 Å². The summed E-state index contributed by atoms with van der Waals surface area (Å²) in [4.78, 5) is 45.5. The molecular formula is C25H26Cl2N4O3. The van der Waals surface area contributed by atoms with E-state index >= 15 is 0 Å². The molecule has 34 heavy (non-hydrogen) atoms. The van der Waals surface area contributed by atoms with E-state index in [-0.39, 0.29) is 23.8 Å². The van der Waals surface area contributed by atoms with Crippen molar-refractivity contribution in [3.63, 3.8) is 0 Å². The van der Waals surface area contributed by atoms with Gasteiger partial charge in [0.25, 0.3) is 5.56 Å². The number of anilines is 1. The largest absolute Gasteiger partial charge is 0.368 e. The van der Waals surface area contributed by atoms with Crippen LogP contribution in [0.1, 0.15) is 25.3 Å². The van der Waals surface area contributed by atoms with Crippen LogP contribution in [0.25, 0.3) is 10.9 Å². The fraction of sp³-hybridized carbons (Fsp3) is 0.360. The molecule has 0 radical (unpaired) electrons. The standard InChI is InChI=1S/C25H26Cl2N4O3/c1-17(32)29-9-11-30(12-10-29)19-6-8-24-21(14-19)25(34)31(16-28-24)15-20(33)4-2-3-18-5-7-22(26)23(27)13-18/h5-8,13-14,16H,2-4,9-12,15H2,1H3. The van der Waals surface area contributed by atoms with Crippen LogP contribution in [0, 0.1) is 0 Å². The van der Waals surface area contributed by atoms with Crippen LogP contribution in [0.15, 0.2) is 47.5 Å². The molecule has 0 bridgehead atoms. The molecule has 0 N–H and O–H groups in total. The molecule has 0 atom stereocenters. The summed E-state index contributed by atoms with van der Waals surface area (Å²) in [5.74, 6) is 0.0479. The first-order valence-electron chi connectivity index (χ1n) is 11.3. The molecule has 4 rings (SSSR count). The SMILES string of the molecule is CC(=O)N1CCN(c2ccc3ncn(CC(=O)CCCc4ccc(Cl)c(Cl)c4)c(=O)c3c2)CC1. The number of ketones is 1. The lowest BCUT2D eigenvalue weighted by Crippen LogP contribution is -2.48. The Morgan fingerprint density at radius 1 is 1.00 bits per heavy atom. The third-order valence-corrected chi connectivity index (χ3v) is 6.89. The van der Waals surface area contributed by atoms with E-state index in [1.165, 1.54) is 10.9 Å². The lowest BCUT2D eigenvalue weighted by molar-refractivity contribution is -0.129. The molecule has 0 spiro atoms. The van der Waals surface area contributed by atoms with Gasteiger partial charge in [-0.3, -0.25) is 19.0 Å². The molecule has 0 saturated carbocycles. The Bertz CT molecular complexity index is 1280. The molecule has 1 saturated heterocycles. The Morgan fingerprint density at radius 3 is 2.47 bits per heavy atom. The molecule has 1 aromatic heterocycles. The van der Waals surface area contributed by atoms with E-state index in [1.807, 2.05) is 35.2 Å². The first-order chi connectivity index (χ1) is 16.3. The first-order valence-corrected chi connectivity index (χ1v) is 12.0. The molecule has 0 unspecified atom stereocenters. The molecule has 1 fully saturated rings. The normalized spacial score (nSPS) is 14.0. The molecule has 7 nitrogen and oxygen atoms in total. The Hall–Kier alpha value is -2.90. The van der Waals surface area contributed by atoms with Crippen LogP contribution >= 0.6 is 23.2 Å². The summed E-state index contributed by atoms with van der Waals surface area (Å²) < 4.78 is 1.38. The van der Waals surface area contributed by atoms with E-state index in [9.17, 15) is 14.4 Å². The fourth-order valence-electron chi connectivity index (χ4n) is 4.19. The molecule has 1 aliphatic heterocycles. The van der Waals surface area contributed by atoms with E-state index in [0.717, 1.165) is 11.3 Å². The Labute approximate surface area is 207 Å². The Balaban J connectivity index is 1.41. The summed E-state index contributed by atoms with van der Waals surface area (Å²) in [6, 6.07) is 11.1. The summed E-state index contributed by atoms with van der Waals surface area (Å²) in [7, 11) is 0. The average Bonchev–Trinajstić information content (AvgIpc) is 2.83. The minimum atomic E-state index is -0.230. The van der Waals surface area contributed by atoms with Crippen LogP contribution in [0.3, 0.4) is 0 Å². The quantitative estimate of drug-likeness (QED) is 0.490. The first kappa shape index (κ1) is 24.2. The van der Waals surface area contributed by atoms with E-state index in [2.05, 4.69) is 9.88 Å². The van der Waals surface area contributed by atoms with Crippen molar-refractivity contribution in [2.45, 2.75) is 32.7 Å². The fourth-order valence-corrected chi connectivity index (χ4v) is 4.51. The lowest BCUT2D eigenvalue weighted by atomic mass is 10.1. The van der Waals surface area contributed by atoms with Gasteiger partial charge in [0.1, 0.15) is 0 Å². The van der Waals surface area contributed by atoms with Gasteiger partial charge in [0.05, 0.1) is 33.8 Å². The molecule has 0 aliphatic carbocycles. The number of hydrogen-bond donors (Lipinski definition) is 0. The molecule has 9 heteroatoms. The number of carbonyl (C=O) groups is 2. The number of aryl methyl sites for hydroxylation is 1. The highest BCUT2D eigenvalue weighted by molar-refractivity contribution is 6.42. The second-order valence-electron chi connectivity index (χ2n) is 8.51. The minimum absolute atomic E-state index is 0.00927. The summed E-state index contributed by atoms with van der Waals surface area (Å²) in [5.41, 5.74) is 2.30. The summed E-state index contributed by atoms with van der Waals surface area (Å²) in [6.07, 6.45) is 3.15. The second-order valence-corrected chi connectivity index (χ2v) is 9.33. The van der Waals surface area contributed by atoms with Gasteiger partial charge in [-0.05, 0) is 48.7 Å². The molecule has 2 aromatic carbocycles. The monoisotopic (exact) mass is 500 g/mol. The maximum absolute atomic E-state index is 13.1. The van der Waals surface area contributed by atoms with Gasteiger partial charge in [0, 0.05) is 45.2 Å². The molecule has 2 heterocycles. The van der Waals surface area contributed by atoms with Crippen molar-refractivity contribution in [2.75, 3.05) is 31.1 Å². The smallest absolute Gasteiger partial charge is 0.261 e. The van der Waals surface area contributed by atoms with Crippen LogP contribution in [-0.4, -0.2) is 52.3 Å². The number of amides is 1. The van der Waals surface area contributed by atoms with Gasteiger partial charge < -0.3 is 9.80 Å². The average molecular weight is 501 g/mol. The van der Waals surface area contributed by atoms with Crippen LogP contribution in [0.2, 0.25) is 10.0 Å². The second kappa shape index (κ2) is 10.6. The van der Waals surface area contributed by atoms with E-state index in [4.69, 9.17) is 23.2 Å². The van der Waals surface area contributed by atoms with Crippen molar-refractivity contribution < 1.29 is 9.59 Å². The van der Waals surface area contributed by atoms with Crippen molar-refractivity contribution in [3.05, 3.63) is 68.7 Å². The number of nitrogens with zero attached hydrogens (tertiary/aromatic N) is 4. The molecule has 3 aromatic rings. The van der Waals surface area contributed by atoms with Gasteiger partial charge in [-0.2, -0.15) is 0 Å². The van der Waals surface area contributed by atoms with Crippen molar-refractivity contribution in [1.29, 1.82) is 0 Å².